The predicted octanol–water partition coefficient (Wildman–Crippen LogP) is 2.60. The molecule has 1 heterocycles. The lowest BCUT2D eigenvalue weighted by molar-refractivity contribution is 0.105. The normalized spacial score (nSPS) is 12.5. The fourth-order valence-electron chi connectivity index (χ4n) is 2.77. The van der Waals surface area contributed by atoms with Gasteiger partial charge in [-0.2, -0.15) is 5.26 Å². The minimum atomic E-state index is -0.421. The van der Waals surface area contributed by atoms with E-state index in [0.29, 0.717) is 19.8 Å². The third-order valence-electron chi connectivity index (χ3n) is 4.16. The molecule has 146 valence electrons. The van der Waals surface area contributed by atoms with Crippen LogP contribution < -0.4 is 14.8 Å². The molecule has 0 saturated carbocycles. The number of benzene rings is 2. The van der Waals surface area contributed by atoms with E-state index in [1.54, 1.807) is 54.6 Å². The molecule has 0 bridgehead atoms. The van der Waals surface area contributed by atoms with Crippen molar-refractivity contribution in [3.05, 3.63) is 90.3 Å². The topological polar surface area (TPSA) is 72.1 Å². The van der Waals surface area contributed by atoms with Crippen molar-refractivity contribution in [3.63, 3.8) is 0 Å². The number of carbonyl (C=O) groups is 1. The molecule has 0 aliphatic rings. The summed E-state index contributed by atoms with van der Waals surface area (Å²) >= 11 is 7.14. The number of hydrogen-bond donors (Lipinski definition) is 0. The summed E-state index contributed by atoms with van der Waals surface area (Å²) in [6, 6.07) is 17.6. The second-order valence-corrected chi connectivity index (χ2v) is 7.57. The molecule has 3 rings (SSSR count). The van der Waals surface area contributed by atoms with E-state index in [4.69, 9.17) is 16.3 Å². The molecule has 29 heavy (non-hydrogen) atoms. The van der Waals surface area contributed by atoms with Crippen LogP contribution in [0.4, 0.5) is 0 Å². The van der Waals surface area contributed by atoms with Crippen LogP contribution in [0.2, 0.25) is 5.02 Å². The van der Waals surface area contributed by atoms with Gasteiger partial charge in [-0.25, -0.2) is 0 Å². The molecule has 7 heteroatoms. The summed E-state index contributed by atoms with van der Waals surface area (Å²) in [7, 11) is 1.53. The van der Waals surface area contributed by atoms with Gasteiger partial charge in [0.2, 0.25) is 5.78 Å². The van der Waals surface area contributed by atoms with E-state index in [2.05, 4.69) is 0 Å². The van der Waals surface area contributed by atoms with E-state index >= 15 is 0 Å². The Hall–Kier alpha value is -2.98. The Bertz CT molecular complexity index is 1250. The second kappa shape index (κ2) is 9.48. The van der Waals surface area contributed by atoms with E-state index in [1.165, 1.54) is 11.7 Å². The first kappa shape index (κ1) is 20.7. The van der Waals surface area contributed by atoms with Gasteiger partial charge in [-0.1, -0.05) is 54.1 Å². The largest absolute Gasteiger partial charge is 0.383 e. The van der Waals surface area contributed by atoms with Crippen LogP contribution in [-0.4, -0.2) is 24.1 Å². The van der Waals surface area contributed by atoms with Crippen LogP contribution in [0.15, 0.2) is 59.4 Å². The Morgan fingerprint density at radius 3 is 2.66 bits per heavy atom. The van der Waals surface area contributed by atoms with Gasteiger partial charge >= 0.3 is 0 Å². The number of halogens is 1. The van der Waals surface area contributed by atoms with E-state index in [0.717, 1.165) is 16.9 Å². The van der Waals surface area contributed by atoms with Crippen LogP contribution in [0.25, 0.3) is 11.6 Å². The minimum absolute atomic E-state index is 0.0693. The number of methoxy groups -OCH3 is 1. The molecule has 1 aromatic heterocycles. The lowest BCUT2D eigenvalue weighted by Crippen LogP contribution is -2.34. The van der Waals surface area contributed by atoms with Crippen molar-refractivity contribution in [2.75, 3.05) is 13.7 Å². The molecule has 0 aliphatic carbocycles. The van der Waals surface area contributed by atoms with Crippen molar-refractivity contribution in [1.82, 2.24) is 4.57 Å². The Balaban J connectivity index is 2.27. The van der Waals surface area contributed by atoms with Crippen LogP contribution in [0.3, 0.4) is 0 Å². The van der Waals surface area contributed by atoms with E-state index in [1.807, 2.05) is 12.1 Å². The third kappa shape index (κ3) is 4.72. The molecule has 0 saturated heterocycles. The number of thiazole rings is 1. The number of ether oxygens (including phenoxy) is 1. The summed E-state index contributed by atoms with van der Waals surface area (Å²) in [5, 5.41) is 10.3. The molecule has 5 nitrogen and oxygen atoms in total. The van der Waals surface area contributed by atoms with Gasteiger partial charge in [-0.05, 0) is 23.8 Å². The summed E-state index contributed by atoms with van der Waals surface area (Å²) in [5.41, 5.74) is 0.800. The average molecular weight is 425 g/mol. The number of ketones is 1. The van der Waals surface area contributed by atoms with Gasteiger partial charge in [0.05, 0.1) is 17.7 Å². The van der Waals surface area contributed by atoms with Crippen LogP contribution in [0.5, 0.6) is 0 Å². The quantitative estimate of drug-likeness (QED) is 0.570. The molecule has 0 atom stereocenters. The van der Waals surface area contributed by atoms with Gasteiger partial charge in [0.1, 0.15) is 16.3 Å². The summed E-state index contributed by atoms with van der Waals surface area (Å²) in [5.74, 6) is -0.421. The summed E-state index contributed by atoms with van der Waals surface area (Å²) < 4.78 is 7.24. The maximum atomic E-state index is 13.0. The molecule has 0 spiro atoms. The standard InChI is InChI=1S/C22H17ClN2O3S/c1-28-11-10-25-21(27)19(13-15-6-5-9-17(23)12-15)29-22(25)18(14-24)20(26)16-7-3-2-4-8-16/h2-9,12-13H,10-11H2,1H3. The van der Waals surface area contributed by atoms with Crippen molar-refractivity contribution < 1.29 is 9.53 Å². The molecule has 3 aromatic rings. The van der Waals surface area contributed by atoms with Crippen LogP contribution in [0, 0.1) is 11.3 Å². The maximum Gasteiger partial charge on any atom is 0.269 e. The van der Waals surface area contributed by atoms with Crippen molar-refractivity contribution in [2.45, 2.75) is 6.54 Å². The smallest absolute Gasteiger partial charge is 0.269 e. The molecular formula is C22H17ClN2O3S. The highest BCUT2D eigenvalue weighted by Crippen LogP contribution is 2.11. The number of carbonyl (C=O) groups excluding carboxylic acids is 1. The summed E-state index contributed by atoms with van der Waals surface area (Å²) in [4.78, 5) is 25.9. The maximum absolute atomic E-state index is 13.0. The first-order valence-electron chi connectivity index (χ1n) is 8.75. The van der Waals surface area contributed by atoms with Crippen molar-refractivity contribution >= 4 is 40.4 Å². The van der Waals surface area contributed by atoms with Crippen molar-refractivity contribution in [3.8, 4) is 6.07 Å². The minimum Gasteiger partial charge on any atom is -0.383 e. The molecule has 0 aliphatic heterocycles. The third-order valence-corrected chi connectivity index (χ3v) is 5.53. The number of rotatable bonds is 6. The monoisotopic (exact) mass is 424 g/mol. The molecular weight excluding hydrogens is 408 g/mol. The fourth-order valence-corrected chi connectivity index (χ4v) is 4.09. The van der Waals surface area contributed by atoms with Crippen molar-refractivity contribution in [2.24, 2.45) is 0 Å². The SMILES string of the molecule is COCCn1c(=C(C#N)C(=O)c2ccccc2)sc(=Cc2cccc(Cl)c2)c1=O. The highest BCUT2D eigenvalue weighted by Gasteiger charge is 2.17. The van der Waals surface area contributed by atoms with E-state index in [-0.39, 0.29) is 24.3 Å². The number of Topliss-reactive ketones (excluding diaryl/α,β-unsaturated/α-hetero) is 1. The Morgan fingerprint density at radius 2 is 2.00 bits per heavy atom. The van der Waals surface area contributed by atoms with Crippen LogP contribution in [-0.2, 0) is 11.3 Å². The van der Waals surface area contributed by atoms with Gasteiger partial charge in [-0.15, -0.1) is 11.3 Å². The second-order valence-electron chi connectivity index (χ2n) is 6.10. The number of nitrogens with zero attached hydrogens (tertiary/aromatic N) is 2. The summed E-state index contributed by atoms with van der Waals surface area (Å²) in [6.45, 7) is 0.510. The lowest BCUT2D eigenvalue weighted by atomic mass is 10.1. The molecule has 0 radical (unpaired) electrons. The molecule has 0 unspecified atom stereocenters. The molecule has 2 aromatic carbocycles. The Labute approximate surface area is 176 Å². The van der Waals surface area contributed by atoms with E-state index < -0.39 is 5.78 Å². The van der Waals surface area contributed by atoms with Gasteiger partial charge in [-0.3, -0.25) is 14.2 Å². The van der Waals surface area contributed by atoms with Gasteiger partial charge in [0, 0.05) is 17.7 Å². The highest BCUT2D eigenvalue weighted by atomic mass is 35.5. The van der Waals surface area contributed by atoms with Crippen molar-refractivity contribution in [1.29, 1.82) is 5.26 Å². The lowest BCUT2D eigenvalue weighted by Gasteiger charge is -2.03. The van der Waals surface area contributed by atoms with Gasteiger partial charge in [0.25, 0.3) is 5.56 Å². The fraction of sp³-hybridized carbons (Fsp3) is 0.136. The Morgan fingerprint density at radius 1 is 1.24 bits per heavy atom. The molecule has 0 N–H and O–H groups in total. The zero-order valence-corrected chi connectivity index (χ0v) is 17.2. The van der Waals surface area contributed by atoms with E-state index in [9.17, 15) is 14.9 Å². The summed E-state index contributed by atoms with van der Waals surface area (Å²) in [6.07, 6.45) is 1.70. The first-order chi connectivity index (χ1) is 14.0. The average Bonchev–Trinajstić information content (AvgIpc) is 3.02. The molecule has 0 fully saturated rings. The molecule has 0 amide bonds. The zero-order valence-electron chi connectivity index (χ0n) is 15.6. The predicted molar refractivity (Wildman–Crippen MR) is 115 cm³/mol. The van der Waals surface area contributed by atoms with Gasteiger partial charge < -0.3 is 4.74 Å². The van der Waals surface area contributed by atoms with Crippen LogP contribution >= 0.6 is 22.9 Å². The number of hydrogen-bond acceptors (Lipinski definition) is 5. The van der Waals surface area contributed by atoms with Gasteiger partial charge in [0.15, 0.2) is 0 Å². The highest BCUT2D eigenvalue weighted by molar-refractivity contribution is 7.07. The number of nitriles is 1. The Kier molecular flexibility index (Phi) is 6.78. The van der Waals surface area contributed by atoms with Crippen LogP contribution in [0.1, 0.15) is 15.9 Å². The number of aromatic nitrogens is 1. The zero-order chi connectivity index (χ0) is 20.8. The first-order valence-corrected chi connectivity index (χ1v) is 9.94.